The summed E-state index contributed by atoms with van der Waals surface area (Å²) in [5.41, 5.74) is 1.29. The van der Waals surface area contributed by atoms with E-state index in [-0.39, 0.29) is 25.5 Å². The molecule has 2 amide bonds. The maximum atomic E-state index is 14.2. The molecule has 3 aromatic heterocycles. The van der Waals surface area contributed by atoms with Crippen LogP contribution in [-0.4, -0.2) is 70.3 Å². The van der Waals surface area contributed by atoms with Gasteiger partial charge < -0.3 is 15.3 Å². The molecule has 0 radical (unpaired) electrons. The van der Waals surface area contributed by atoms with E-state index in [0.717, 1.165) is 28.7 Å². The number of halogens is 3. The van der Waals surface area contributed by atoms with Crippen molar-refractivity contribution >= 4 is 38.5 Å². The van der Waals surface area contributed by atoms with E-state index in [9.17, 15) is 31.2 Å². The van der Waals surface area contributed by atoms with Crippen LogP contribution in [0.3, 0.4) is 0 Å². The molecule has 1 fully saturated rings. The van der Waals surface area contributed by atoms with Crippen LogP contribution < -0.4 is 10.2 Å². The lowest BCUT2D eigenvalue weighted by molar-refractivity contribution is -0.156. The Hall–Kier alpha value is -4.63. The first kappa shape index (κ1) is 30.4. The van der Waals surface area contributed by atoms with E-state index in [4.69, 9.17) is 5.11 Å². The minimum absolute atomic E-state index is 0.00271. The molecule has 11 nitrogen and oxygen atoms in total. The molecule has 6 rings (SSSR count). The smallest absolute Gasteiger partial charge is 0.414 e. The van der Waals surface area contributed by atoms with E-state index in [0.29, 0.717) is 35.3 Å². The number of nitrogens with zero attached hydrogens (tertiary/aromatic N) is 5. The molecular formula is C30H27F3N6O5S. The molecule has 1 saturated heterocycles. The van der Waals surface area contributed by atoms with Crippen LogP contribution in [0, 0.1) is 0 Å². The summed E-state index contributed by atoms with van der Waals surface area (Å²) in [6, 6.07) is 9.07. The van der Waals surface area contributed by atoms with E-state index < -0.39 is 39.4 Å². The van der Waals surface area contributed by atoms with Crippen LogP contribution in [0.1, 0.15) is 35.8 Å². The summed E-state index contributed by atoms with van der Waals surface area (Å²) in [5, 5.41) is 11.9. The number of sulfonamides is 1. The summed E-state index contributed by atoms with van der Waals surface area (Å²) >= 11 is 0. The van der Waals surface area contributed by atoms with Gasteiger partial charge >= 0.3 is 12.3 Å². The Morgan fingerprint density at radius 1 is 1.07 bits per heavy atom. The van der Waals surface area contributed by atoms with Crippen LogP contribution in [0.2, 0.25) is 0 Å². The number of carbonyl (C=O) groups excluding carboxylic acids is 1. The van der Waals surface area contributed by atoms with Gasteiger partial charge in [0, 0.05) is 48.2 Å². The second-order valence-electron chi connectivity index (χ2n) is 11.1. The van der Waals surface area contributed by atoms with E-state index in [1.54, 1.807) is 35.6 Å². The fourth-order valence-electron chi connectivity index (χ4n) is 6.30. The van der Waals surface area contributed by atoms with Crippen LogP contribution in [-0.2, 0) is 26.8 Å². The van der Waals surface area contributed by atoms with E-state index in [1.165, 1.54) is 21.9 Å². The molecule has 2 aliphatic rings. The summed E-state index contributed by atoms with van der Waals surface area (Å²) in [5.74, 6) is -0.208. The summed E-state index contributed by atoms with van der Waals surface area (Å²) < 4.78 is 66.6. The van der Waals surface area contributed by atoms with Gasteiger partial charge in [-0.05, 0) is 35.9 Å². The summed E-state index contributed by atoms with van der Waals surface area (Å²) in [4.78, 5) is 39.8. The SMILES string of the molecule is CS(=O)(=O)N1CCC2(CC1)C(=O)N(Cc1ncc3ccccc3c1-c1ccc(C(NC(=O)O)C(F)(F)F)nc1)c1cnccc12. The van der Waals surface area contributed by atoms with E-state index in [2.05, 4.69) is 15.0 Å². The highest BCUT2D eigenvalue weighted by atomic mass is 32.2. The van der Waals surface area contributed by atoms with Crippen LogP contribution in [0.25, 0.3) is 21.9 Å². The molecule has 4 aromatic rings. The Labute approximate surface area is 255 Å². The molecule has 0 saturated carbocycles. The lowest BCUT2D eigenvalue weighted by Gasteiger charge is -2.37. The predicted molar refractivity (Wildman–Crippen MR) is 158 cm³/mol. The summed E-state index contributed by atoms with van der Waals surface area (Å²) in [6.45, 7) is 0.378. The lowest BCUT2D eigenvalue weighted by atomic mass is 9.74. The summed E-state index contributed by atoms with van der Waals surface area (Å²) in [6.07, 6.45) is 1.05. The third-order valence-corrected chi connectivity index (χ3v) is 9.76. The molecule has 1 atom stereocenters. The predicted octanol–water partition coefficient (Wildman–Crippen LogP) is 4.40. The number of pyridine rings is 3. The van der Waals surface area contributed by atoms with Gasteiger partial charge in [0.25, 0.3) is 0 Å². The molecule has 2 N–H and O–H groups in total. The molecule has 1 spiro atoms. The highest BCUT2D eigenvalue weighted by Gasteiger charge is 2.53. The molecule has 1 unspecified atom stereocenters. The Kier molecular flexibility index (Phi) is 7.48. The second kappa shape index (κ2) is 11.1. The van der Waals surface area contributed by atoms with Crippen molar-refractivity contribution in [3.63, 3.8) is 0 Å². The van der Waals surface area contributed by atoms with Gasteiger partial charge in [0.1, 0.15) is 0 Å². The zero-order chi connectivity index (χ0) is 32.1. The van der Waals surface area contributed by atoms with Crippen molar-refractivity contribution in [1.29, 1.82) is 0 Å². The number of fused-ring (bicyclic) bond motifs is 3. The van der Waals surface area contributed by atoms with Crippen LogP contribution in [0.5, 0.6) is 0 Å². The Balaban J connectivity index is 1.40. The van der Waals surface area contributed by atoms with E-state index >= 15 is 0 Å². The van der Waals surface area contributed by atoms with Crippen LogP contribution in [0.4, 0.5) is 23.7 Å². The van der Waals surface area contributed by atoms with Gasteiger partial charge in [-0.25, -0.2) is 17.5 Å². The number of rotatable bonds is 6. The Morgan fingerprint density at radius 2 is 1.80 bits per heavy atom. The normalized spacial score (nSPS) is 17.4. The molecule has 0 aliphatic carbocycles. The first-order valence-electron chi connectivity index (χ1n) is 13.9. The number of benzene rings is 1. The van der Waals surface area contributed by atoms with Crippen molar-refractivity contribution in [2.24, 2.45) is 0 Å². The lowest BCUT2D eigenvalue weighted by Crippen LogP contribution is -2.49. The molecule has 1 aromatic carbocycles. The van der Waals surface area contributed by atoms with Crippen molar-refractivity contribution in [2.75, 3.05) is 24.2 Å². The third kappa shape index (κ3) is 5.46. The van der Waals surface area contributed by atoms with Crippen molar-refractivity contribution in [3.05, 3.63) is 84.2 Å². The highest BCUT2D eigenvalue weighted by Crippen LogP contribution is 2.49. The first-order valence-corrected chi connectivity index (χ1v) is 15.7. The van der Waals surface area contributed by atoms with Gasteiger partial charge in [0.2, 0.25) is 15.9 Å². The second-order valence-corrected chi connectivity index (χ2v) is 13.1. The van der Waals surface area contributed by atoms with Crippen molar-refractivity contribution in [3.8, 4) is 11.1 Å². The number of piperidine rings is 1. The Bertz CT molecular complexity index is 1910. The van der Waals surface area contributed by atoms with Gasteiger partial charge in [-0.1, -0.05) is 30.3 Å². The largest absolute Gasteiger partial charge is 0.465 e. The minimum atomic E-state index is -4.91. The van der Waals surface area contributed by atoms with Gasteiger partial charge in [-0.15, -0.1) is 0 Å². The van der Waals surface area contributed by atoms with Gasteiger partial charge in [-0.3, -0.25) is 19.7 Å². The van der Waals surface area contributed by atoms with Crippen molar-refractivity contribution in [1.82, 2.24) is 24.6 Å². The van der Waals surface area contributed by atoms with Crippen molar-refractivity contribution < 1.29 is 36.3 Å². The van der Waals surface area contributed by atoms with Crippen molar-refractivity contribution in [2.45, 2.75) is 37.0 Å². The highest BCUT2D eigenvalue weighted by molar-refractivity contribution is 7.88. The van der Waals surface area contributed by atoms with Crippen LogP contribution >= 0.6 is 0 Å². The number of amides is 2. The maximum absolute atomic E-state index is 14.2. The number of hydrogen-bond donors (Lipinski definition) is 2. The standard InChI is InChI=1S/C30H27F3N6O5S/c1-45(43,44)38-12-9-29(10-13-38)21-8-11-34-16-24(21)39(27(29)40)17-23-25(20-5-3-2-4-18(20)14-36-23)19-6-7-22(35-15-19)26(30(31,32)33)37-28(41)42/h2-8,11,14-16,26,37H,9-10,12-13,17H2,1H3,(H,41,42). The fraction of sp³-hybridized carbons (Fsp3) is 0.300. The number of nitrogens with one attached hydrogen (secondary N) is 1. The quantitative estimate of drug-likeness (QED) is 0.316. The minimum Gasteiger partial charge on any atom is -0.465 e. The first-order chi connectivity index (χ1) is 21.3. The fourth-order valence-corrected chi connectivity index (χ4v) is 7.14. The number of aromatic nitrogens is 3. The molecular weight excluding hydrogens is 613 g/mol. The third-order valence-electron chi connectivity index (χ3n) is 8.46. The molecule has 0 bridgehead atoms. The number of carbonyl (C=O) groups is 2. The zero-order valence-electron chi connectivity index (χ0n) is 23.8. The molecule has 15 heteroatoms. The number of carboxylic acid groups (broad SMARTS) is 1. The number of alkyl halides is 3. The number of anilines is 1. The maximum Gasteiger partial charge on any atom is 0.414 e. The van der Waals surface area contributed by atoms with Crippen LogP contribution in [0.15, 0.2) is 67.3 Å². The average molecular weight is 641 g/mol. The summed E-state index contributed by atoms with van der Waals surface area (Å²) in [7, 11) is -3.42. The van der Waals surface area contributed by atoms with Gasteiger partial charge in [-0.2, -0.15) is 13.2 Å². The monoisotopic (exact) mass is 640 g/mol. The van der Waals surface area contributed by atoms with Gasteiger partial charge in [0.15, 0.2) is 6.04 Å². The van der Waals surface area contributed by atoms with Gasteiger partial charge in [0.05, 0.1) is 41.5 Å². The molecule has 5 heterocycles. The molecule has 234 valence electrons. The zero-order valence-corrected chi connectivity index (χ0v) is 24.6. The van der Waals surface area contributed by atoms with E-state index in [1.807, 2.05) is 18.2 Å². The topological polar surface area (TPSA) is 146 Å². The molecule has 2 aliphatic heterocycles. The Morgan fingerprint density at radius 3 is 2.44 bits per heavy atom. The average Bonchev–Trinajstić information content (AvgIpc) is 3.22. The molecule has 45 heavy (non-hydrogen) atoms. The number of hydrogen-bond acceptors (Lipinski definition) is 7.